The van der Waals surface area contributed by atoms with Gasteiger partial charge in [-0.1, -0.05) is 0 Å². The van der Waals surface area contributed by atoms with Gasteiger partial charge in [-0.05, 0) is 19.0 Å². The first-order valence-corrected chi connectivity index (χ1v) is 4.98. The van der Waals surface area contributed by atoms with Gasteiger partial charge >= 0.3 is 5.97 Å². The Bertz CT molecular complexity index is 240. The Morgan fingerprint density at radius 2 is 2.13 bits per heavy atom. The molecule has 15 heavy (non-hydrogen) atoms. The lowest BCUT2D eigenvalue weighted by atomic mass is 9.99. The van der Waals surface area contributed by atoms with Gasteiger partial charge in [0.05, 0.1) is 0 Å². The SMILES string of the molecule is O=C(CC1CNC1)NCCC(O)C(=O)O. The molecular formula is C9H16N2O4. The van der Waals surface area contributed by atoms with Crippen LogP contribution < -0.4 is 10.6 Å². The molecule has 1 atom stereocenters. The number of aliphatic carboxylic acids is 1. The lowest BCUT2D eigenvalue weighted by molar-refractivity contribution is -0.147. The second-order valence-corrected chi connectivity index (χ2v) is 3.72. The number of carboxylic acids is 1. The van der Waals surface area contributed by atoms with Crippen molar-refractivity contribution in [2.24, 2.45) is 5.92 Å². The zero-order valence-electron chi connectivity index (χ0n) is 8.40. The van der Waals surface area contributed by atoms with E-state index >= 15 is 0 Å². The molecule has 0 aromatic rings. The largest absolute Gasteiger partial charge is 0.479 e. The fourth-order valence-electron chi connectivity index (χ4n) is 1.30. The summed E-state index contributed by atoms with van der Waals surface area (Å²) < 4.78 is 0. The molecule has 0 radical (unpaired) electrons. The molecule has 6 heteroatoms. The normalized spacial score (nSPS) is 17.9. The molecule has 1 unspecified atom stereocenters. The van der Waals surface area contributed by atoms with Crippen LogP contribution in [0.1, 0.15) is 12.8 Å². The maximum atomic E-state index is 11.2. The maximum absolute atomic E-state index is 11.2. The molecule has 1 fully saturated rings. The number of rotatable bonds is 6. The van der Waals surface area contributed by atoms with E-state index in [2.05, 4.69) is 10.6 Å². The first-order valence-electron chi connectivity index (χ1n) is 4.98. The van der Waals surface area contributed by atoms with E-state index in [9.17, 15) is 9.59 Å². The second kappa shape index (κ2) is 5.67. The van der Waals surface area contributed by atoms with E-state index in [1.165, 1.54) is 0 Å². The van der Waals surface area contributed by atoms with E-state index in [-0.39, 0.29) is 18.9 Å². The molecule has 1 amide bonds. The Kier molecular flexibility index (Phi) is 4.51. The van der Waals surface area contributed by atoms with E-state index in [0.29, 0.717) is 12.3 Å². The van der Waals surface area contributed by atoms with Crippen molar-refractivity contribution in [1.29, 1.82) is 0 Å². The van der Waals surface area contributed by atoms with Crippen molar-refractivity contribution in [1.82, 2.24) is 10.6 Å². The van der Waals surface area contributed by atoms with E-state index < -0.39 is 12.1 Å². The fraction of sp³-hybridized carbons (Fsp3) is 0.778. The molecular weight excluding hydrogens is 200 g/mol. The van der Waals surface area contributed by atoms with Crippen molar-refractivity contribution in [3.8, 4) is 0 Å². The number of hydrogen-bond donors (Lipinski definition) is 4. The van der Waals surface area contributed by atoms with Gasteiger partial charge < -0.3 is 20.8 Å². The lowest BCUT2D eigenvalue weighted by Gasteiger charge is -2.26. The summed E-state index contributed by atoms with van der Waals surface area (Å²) in [6.07, 6.45) is -0.879. The molecule has 1 aliphatic rings. The van der Waals surface area contributed by atoms with Crippen molar-refractivity contribution in [3.63, 3.8) is 0 Å². The van der Waals surface area contributed by atoms with Gasteiger partial charge in [-0.15, -0.1) is 0 Å². The van der Waals surface area contributed by atoms with Crippen molar-refractivity contribution in [2.45, 2.75) is 18.9 Å². The summed E-state index contributed by atoms with van der Waals surface area (Å²) in [4.78, 5) is 21.5. The summed E-state index contributed by atoms with van der Waals surface area (Å²) >= 11 is 0. The van der Waals surface area contributed by atoms with Crippen LogP contribution in [0.25, 0.3) is 0 Å². The third kappa shape index (κ3) is 4.26. The van der Waals surface area contributed by atoms with Gasteiger partial charge in [0.2, 0.25) is 5.91 Å². The third-order valence-electron chi connectivity index (χ3n) is 2.37. The minimum absolute atomic E-state index is 0.0456. The number of aliphatic hydroxyl groups excluding tert-OH is 1. The predicted molar refractivity (Wildman–Crippen MR) is 52.2 cm³/mol. The summed E-state index contributed by atoms with van der Waals surface area (Å²) in [5.74, 6) is -0.944. The molecule has 86 valence electrons. The van der Waals surface area contributed by atoms with Crippen molar-refractivity contribution in [2.75, 3.05) is 19.6 Å². The van der Waals surface area contributed by atoms with Crippen molar-refractivity contribution >= 4 is 11.9 Å². The molecule has 0 bridgehead atoms. The molecule has 0 saturated carbocycles. The number of nitrogens with one attached hydrogen (secondary N) is 2. The van der Waals surface area contributed by atoms with Crippen LogP contribution in [-0.4, -0.2) is 47.8 Å². The standard InChI is InChI=1S/C9H16N2O4/c12-7(9(14)15)1-2-11-8(13)3-6-4-10-5-6/h6-7,10,12H,1-5H2,(H,11,13)(H,14,15). The van der Waals surface area contributed by atoms with Gasteiger partial charge in [-0.3, -0.25) is 4.79 Å². The average Bonchev–Trinajstić information content (AvgIpc) is 2.11. The summed E-state index contributed by atoms with van der Waals surface area (Å²) in [7, 11) is 0. The second-order valence-electron chi connectivity index (χ2n) is 3.72. The summed E-state index contributed by atoms with van der Waals surface area (Å²) in [5.41, 5.74) is 0. The Balaban J connectivity index is 2.03. The first-order chi connectivity index (χ1) is 7.09. The van der Waals surface area contributed by atoms with Crippen LogP contribution in [0.3, 0.4) is 0 Å². The van der Waals surface area contributed by atoms with Gasteiger partial charge in [0.15, 0.2) is 6.10 Å². The highest BCUT2D eigenvalue weighted by molar-refractivity contribution is 5.76. The zero-order chi connectivity index (χ0) is 11.3. The van der Waals surface area contributed by atoms with Crippen LogP contribution >= 0.6 is 0 Å². The molecule has 0 aromatic carbocycles. The van der Waals surface area contributed by atoms with Gasteiger partial charge in [0, 0.05) is 19.4 Å². The van der Waals surface area contributed by atoms with Crippen molar-refractivity contribution < 1.29 is 19.8 Å². The van der Waals surface area contributed by atoms with Gasteiger partial charge in [-0.25, -0.2) is 4.79 Å². The summed E-state index contributed by atoms with van der Waals surface area (Å²) in [6.45, 7) is 1.93. The van der Waals surface area contributed by atoms with Crippen LogP contribution in [0.4, 0.5) is 0 Å². The zero-order valence-corrected chi connectivity index (χ0v) is 8.40. The third-order valence-corrected chi connectivity index (χ3v) is 2.37. The Morgan fingerprint density at radius 3 is 2.60 bits per heavy atom. The van der Waals surface area contributed by atoms with Crippen LogP contribution in [0, 0.1) is 5.92 Å². The average molecular weight is 216 g/mol. The highest BCUT2D eigenvalue weighted by Gasteiger charge is 2.20. The number of carbonyl (C=O) groups is 2. The fourth-order valence-corrected chi connectivity index (χ4v) is 1.30. The number of hydrogen-bond acceptors (Lipinski definition) is 4. The molecule has 6 nitrogen and oxygen atoms in total. The number of amides is 1. The quantitative estimate of drug-likeness (QED) is 0.435. The van der Waals surface area contributed by atoms with Gasteiger partial charge in [-0.2, -0.15) is 0 Å². The molecule has 0 spiro atoms. The number of carboxylic acid groups (broad SMARTS) is 1. The van der Waals surface area contributed by atoms with Crippen LogP contribution in [0.2, 0.25) is 0 Å². The predicted octanol–water partition coefficient (Wildman–Crippen LogP) is -1.45. The molecule has 1 rings (SSSR count). The highest BCUT2D eigenvalue weighted by Crippen LogP contribution is 2.07. The van der Waals surface area contributed by atoms with E-state index in [1.54, 1.807) is 0 Å². The van der Waals surface area contributed by atoms with Crippen molar-refractivity contribution in [3.05, 3.63) is 0 Å². The van der Waals surface area contributed by atoms with Crippen LogP contribution in [0.15, 0.2) is 0 Å². The summed E-state index contributed by atoms with van der Waals surface area (Å²) in [5, 5.41) is 22.9. The molecule has 1 heterocycles. The minimum Gasteiger partial charge on any atom is -0.479 e. The van der Waals surface area contributed by atoms with E-state index in [1.807, 2.05) is 0 Å². The molecule has 0 aliphatic carbocycles. The first kappa shape index (κ1) is 11.9. The van der Waals surface area contributed by atoms with E-state index in [4.69, 9.17) is 10.2 Å². The molecule has 4 N–H and O–H groups in total. The maximum Gasteiger partial charge on any atom is 0.332 e. The van der Waals surface area contributed by atoms with E-state index in [0.717, 1.165) is 13.1 Å². The number of aliphatic hydroxyl groups is 1. The Hall–Kier alpha value is -1.14. The van der Waals surface area contributed by atoms with Crippen LogP contribution in [0.5, 0.6) is 0 Å². The van der Waals surface area contributed by atoms with Gasteiger partial charge in [0.25, 0.3) is 0 Å². The Morgan fingerprint density at radius 1 is 1.47 bits per heavy atom. The molecule has 1 aliphatic heterocycles. The topological polar surface area (TPSA) is 98.7 Å². The summed E-state index contributed by atoms with van der Waals surface area (Å²) in [6, 6.07) is 0. The van der Waals surface area contributed by atoms with Gasteiger partial charge in [0.1, 0.15) is 0 Å². The molecule has 1 saturated heterocycles. The Labute approximate surface area is 87.7 Å². The number of carbonyl (C=O) groups excluding carboxylic acids is 1. The minimum atomic E-state index is -1.39. The smallest absolute Gasteiger partial charge is 0.332 e. The van der Waals surface area contributed by atoms with Crippen LogP contribution in [-0.2, 0) is 9.59 Å². The lowest BCUT2D eigenvalue weighted by Crippen LogP contribution is -2.44. The monoisotopic (exact) mass is 216 g/mol. The highest BCUT2D eigenvalue weighted by atomic mass is 16.4. The molecule has 0 aromatic heterocycles.